The third kappa shape index (κ3) is 5.21. The molecular formula is C20H32FN5O3. The van der Waals surface area contributed by atoms with Crippen LogP contribution < -0.4 is 5.73 Å². The van der Waals surface area contributed by atoms with Crippen LogP contribution >= 0.6 is 0 Å². The van der Waals surface area contributed by atoms with Gasteiger partial charge in [0.1, 0.15) is 24.1 Å². The number of nitrogen functional groups attached to an aromatic ring is 1. The smallest absolute Gasteiger partial charge is 0.174 e. The number of hydrogen-bond donors (Lipinski definition) is 1. The first kappa shape index (κ1) is 21.9. The van der Waals surface area contributed by atoms with Gasteiger partial charge < -0.3 is 19.9 Å². The van der Waals surface area contributed by atoms with E-state index in [1.807, 2.05) is 0 Å². The summed E-state index contributed by atoms with van der Waals surface area (Å²) in [5.41, 5.74) is 6.73. The van der Waals surface area contributed by atoms with Crippen LogP contribution in [0.1, 0.15) is 58.6 Å². The summed E-state index contributed by atoms with van der Waals surface area (Å²) in [6.45, 7) is 5.70. The quantitative estimate of drug-likeness (QED) is 0.536. The fourth-order valence-electron chi connectivity index (χ4n) is 3.53. The molecule has 0 unspecified atom stereocenters. The van der Waals surface area contributed by atoms with Gasteiger partial charge in [-0.2, -0.15) is 0 Å². The molecule has 0 bridgehead atoms. The van der Waals surface area contributed by atoms with Crippen molar-refractivity contribution in [3.05, 3.63) is 12.7 Å². The lowest BCUT2D eigenvalue weighted by Crippen LogP contribution is -2.35. The number of rotatable bonds is 12. The summed E-state index contributed by atoms with van der Waals surface area (Å²) in [7, 11) is 0. The molecule has 1 fully saturated rings. The van der Waals surface area contributed by atoms with Gasteiger partial charge in [0.25, 0.3) is 0 Å². The number of nitrogens with two attached hydrogens (primary N) is 1. The minimum Gasteiger partial charge on any atom is -0.382 e. The Hall–Kier alpha value is -1.84. The van der Waals surface area contributed by atoms with Gasteiger partial charge in [0.05, 0.1) is 12.9 Å². The topological polar surface area (TPSA) is 97.3 Å². The van der Waals surface area contributed by atoms with Gasteiger partial charge in [-0.05, 0) is 12.8 Å². The first-order valence-corrected chi connectivity index (χ1v) is 10.6. The van der Waals surface area contributed by atoms with Crippen molar-refractivity contribution in [2.75, 3.05) is 25.6 Å². The molecule has 3 heterocycles. The summed E-state index contributed by atoms with van der Waals surface area (Å²) in [5, 5.41) is 0. The second-order valence-corrected chi connectivity index (χ2v) is 7.42. The molecule has 1 aliphatic rings. The second kappa shape index (κ2) is 10.8. The van der Waals surface area contributed by atoms with E-state index in [1.165, 1.54) is 12.7 Å². The maximum atomic E-state index is 15.4. The number of fused-ring (bicyclic) bond motifs is 1. The third-order valence-corrected chi connectivity index (χ3v) is 5.16. The third-order valence-electron chi connectivity index (χ3n) is 5.16. The van der Waals surface area contributed by atoms with Crippen molar-refractivity contribution in [3.8, 4) is 0 Å². The Balaban J connectivity index is 1.71. The largest absolute Gasteiger partial charge is 0.382 e. The highest BCUT2D eigenvalue weighted by Crippen LogP contribution is 2.36. The SMILES string of the molecule is CCCCCOC[C@H]1O[C@@H](n2cnc3c(N)ncnc32)[C@@H](F)[C@@H]1OCCCCC. The van der Waals surface area contributed by atoms with Crippen LogP contribution in [0.2, 0.25) is 0 Å². The predicted molar refractivity (Wildman–Crippen MR) is 108 cm³/mol. The van der Waals surface area contributed by atoms with E-state index in [1.54, 1.807) is 4.57 Å². The number of unbranched alkanes of at least 4 members (excludes halogenated alkanes) is 4. The molecule has 0 spiro atoms. The molecule has 162 valence electrons. The van der Waals surface area contributed by atoms with E-state index in [4.69, 9.17) is 19.9 Å². The maximum absolute atomic E-state index is 15.4. The van der Waals surface area contributed by atoms with Gasteiger partial charge >= 0.3 is 0 Å². The van der Waals surface area contributed by atoms with E-state index in [0.717, 1.165) is 38.5 Å². The number of anilines is 1. The van der Waals surface area contributed by atoms with Crippen molar-refractivity contribution in [1.29, 1.82) is 0 Å². The Morgan fingerprint density at radius 2 is 1.86 bits per heavy atom. The van der Waals surface area contributed by atoms with Crippen molar-refractivity contribution in [2.45, 2.75) is 77.0 Å². The average Bonchev–Trinajstić information content (AvgIpc) is 3.27. The molecule has 2 aromatic heterocycles. The molecule has 9 heteroatoms. The zero-order chi connectivity index (χ0) is 20.6. The monoisotopic (exact) mass is 409 g/mol. The Labute approximate surface area is 171 Å². The van der Waals surface area contributed by atoms with Crippen LogP contribution in [0.25, 0.3) is 11.2 Å². The molecule has 2 aromatic rings. The molecule has 0 aliphatic carbocycles. The lowest BCUT2D eigenvalue weighted by Gasteiger charge is -2.20. The molecule has 2 N–H and O–H groups in total. The number of alkyl halides is 1. The van der Waals surface area contributed by atoms with Crippen LogP contribution in [-0.4, -0.2) is 57.7 Å². The zero-order valence-corrected chi connectivity index (χ0v) is 17.3. The van der Waals surface area contributed by atoms with E-state index in [2.05, 4.69) is 28.8 Å². The van der Waals surface area contributed by atoms with Crippen LogP contribution in [0.5, 0.6) is 0 Å². The summed E-state index contributed by atoms with van der Waals surface area (Å²) in [4.78, 5) is 12.4. The molecule has 4 atom stereocenters. The Bertz CT molecular complexity index is 759. The van der Waals surface area contributed by atoms with Crippen LogP contribution in [0, 0.1) is 0 Å². The number of aromatic nitrogens is 4. The summed E-state index contributed by atoms with van der Waals surface area (Å²) >= 11 is 0. The van der Waals surface area contributed by atoms with E-state index in [0.29, 0.717) is 31.0 Å². The van der Waals surface area contributed by atoms with Gasteiger partial charge in [-0.15, -0.1) is 0 Å². The van der Waals surface area contributed by atoms with Crippen LogP contribution in [0.4, 0.5) is 10.2 Å². The fourth-order valence-corrected chi connectivity index (χ4v) is 3.53. The van der Waals surface area contributed by atoms with E-state index >= 15 is 4.39 Å². The van der Waals surface area contributed by atoms with Gasteiger partial charge in [0.2, 0.25) is 0 Å². The molecule has 0 saturated carbocycles. The van der Waals surface area contributed by atoms with Gasteiger partial charge in [0.15, 0.2) is 23.9 Å². The minimum atomic E-state index is -1.37. The highest BCUT2D eigenvalue weighted by atomic mass is 19.1. The lowest BCUT2D eigenvalue weighted by atomic mass is 10.1. The number of halogens is 1. The van der Waals surface area contributed by atoms with E-state index in [9.17, 15) is 0 Å². The molecule has 29 heavy (non-hydrogen) atoms. The normalized spacial score (nSPS) is 24.5. The number of imidazole rings is 1. The molecule has 1 aliphatic heterocycles. The average molecular weight is 410 g/mol. The van der Waals surface area contributed by atoms with Crippen molar-refractivity contribution in [1.82, 2.24) is 19.5 Å². The van der Waals surface area contributed by atoms with Crippen LogP contribution in [0.3, 0.4) is 0 Å². The lowest BCUT2D eigenvalue weighted by molar-refractivity contribution is -0.0764. The van der Waals surface area contributed by atoms with Gasteiger partial charge in [-0.25, -0.2) is 19.3 Å². The maximum Gasteiger partial charge on any atom is 0.174 e. The zero-order valence-electron chi connectivity index (χ0n) is 17.3. The first-order chi connectivity index (χ1) is 14.2. The highest BCUT2D eigenvalue weighted by Gasteiger charge is 2.47. The summed E-state index contributed by atoms with van der Waals surface area (Å²) in [5.74, 6) is 0.255. The molecule has 3 rings (SSSR count). The van der Waals surface area contributed by atoms with Crippen molar-refractivity contribution in [2.24, 2.45) is 0 Å². The Kier molecular flexibility index (Phi) is 8.14. The Morgan fingerprint density at radius 1 is 1.10 bits per heavy atom. The van der Waals surface area contributed by atoms with Crippen molar-refractivity contribution >= 4 is 17.0 Å². The van der Waals surface area contributed by atoms with E-state index in [-0.39, 0.29) is 5.82 Å². The van der Waals surface area contributed by atoms with Crippen molar-refractivity contribution in [3.63, 3.8) is 0 Å². The summed E-state index contributed by atoms with van der Waals surface area (Å²) < 4.78 is 34.7. The fraction of sp³-hybridized carbons (Fsp3) is 0.750. The first-order valence-electron chi connectivity index (χ1n) is 10.6. The van der Waals surface area contributed by atoms with Gasteiger partial charge in [0, 0.05) is 13.2 Å². The van der Waals surface area contributed by atoms with Crippen molar-refractivity contribution < 1.29 is 18.6 Å². The summed E-state index contributed by atoms with van der Waals surface area (Å²) in [6, 6.07) is 0. The molecule has 1 saturated heterocycles. The molecule has 0 amide bonds. The molecular weight excluding hydrogens is 377 g/mol. The summed E-state index contributed by atoms with van der Waals surface area (Å²) in [6.07, 6.45) is 5.63. The van der Waals surface area contributed by atoms with Gasteiger partial charge in [-0.1, -0.05) is 39.5 Å². The molecule has 0 radical (unpaired) electrons. The molecule has 0 aromatic carbocycles. The van der Waals surface area contributed by atoms with E-state index < -0.39 is 24.6 Å². The van der Waals surface area contributed by atoms with Gasteiger partial charge in [-0.3, -0.25) is 4.57 Å². The molecule has 8 nitrogen and oxygen atoms in total. The highest BCUT2D eigenvalue weighted by molar-refractivity contribution is 5.81. The number of ether oxygens (including phenoxy) is 3. The number of hydrogen-bond acceptors (Lipinski definition) is 7. The Morgan fingerprint density at radius 3 is 2.62 bits per heavy atom. The second-order valence-electron chi connectivity index (χ2n) is 7.42. The standard InChI is InChI=1S/C20H32FN5O3/c1-3-5-7-9-27-11-14-17(28-10-8-6-4-2)15(21)20(29-14)26-13-25-16-18(22)23-12-24-19(16)26/h12-15,17,20H,3-11H2,1-2H3,(H2,22,23,24)/t14-,15+,17-,20-/m1/s1. The van der Waals surface area contributed by atoms with Crippen LogP contribution in [0.15, 0.2) is 12.7 Å². The van der Waals surface area contributed by atoms with Crippen LogP contribution in [-0.2, 0) is 14.2 Å². The predicted octanol–water partition coefficient (Wildman–Crippen LogP) is 3.43. The minimum absolute atomic E-state index is 0.255. The number of nitrogens with zero attached hydrogens (tertiary/aromatic N) is 4.